The Morgan fingerprint density at radius 2 is 1.48 bits per heavy atom. The van der Waals surface area contributed by atoms with Crippen LogP contribution >= 0.6 is 0 Å². The monoisotopic (exact) mass is 543 g/mol. The van der Waals surface area contributed by atoms with E-state index in [9.17, 15) is 19.8 Å². The van der Waals surface area contributed by atoms with Crippen molar-refractivity contribution in [3.63, 3.8) is 0 Å². The number of aromatic nitrogens is 2. The van der Waals surface area contributed by atoms with Crippen molar-refractivity contribution in [2.24, 2.45) is 0 Å². The molecule has 3 aromatic carbocycles. The van der Waals surface area contributed by atoms with Gasteiger partial charge in [-0.2, -0.15) is 0 Å². The van der Waals surface area contributed by atoms with Crippen LogP contribution < -0.4 is 20.7 Å². The highest BCUT2D eigenvalue weighted by Crippen LogP contribution is 2.52. The largest absolute Gasteiger partial charge is 0.496 e. The van der Waals surface area contributed by atoms with Gasteiger partial charge in [-0.15, -0.1) is 0 Å². The van der Waals surface area contributed by atoms with Crippen molar-refractivity contribution in [1.29, 1.82) is 0 Å². The zero-order valence-electron chi connectivity index (χ0n) is 22.4. The van der Waals surface area contributed by atoms with Crippen LogP contribution in [-0.4, -0.2) is 46.2 Å². The van der Waals surface area contributed by atoms with Gasteiger partial charge in [-0.3, -0.25) is 14.3 Å². The number of aliphatic hydroxyl groups is 2. The zero-order chi connectivity index (χ0) is 28.4. The molecule has 4 aromatic rings. The first-order valence-electron chi connectivity index (χ1n) is 12.9. The Hall–Kier alpha value is -4.18. The van der Waals surface area contributed by atoms with Crippen LogP contribution in [0.1, 0.15) is 34.9 Å². The zero-order valence-corrected chi connectivity index (χ0v) is 22.4. The Morgan fingerprint density at radius 3 is 2.05 bits per heavy atom. The summed E-state index contributed by atoms with van der Waals surface area (Å²) in [4.78, 5) is 26.8. The first-order chi connectivity index (χ1) is 19.3. The number of para-hydroxylation sites is 2. The first kappa shape index (κ1) is 27.4. The molecule has 1 saturated heterocycles. The summed E-state index contributed by atoms with van der Waals surface area (Å²) in [5, 5.41) is 23.7. The van der Waals surface area contributed by atoms with Gasteiger partial charge in [0.25, 0.3) is 5.56 Å². The number of rotatable bonds is 8. The highest BCUT2D eigenvalue weighted by Gasteiger charge is 2.54. The first-order valence-corrected chi connectivity index (χ1v) is 12.9. The van der Waals surface area contributed by atoms with E-state index >= 15 is 0 Å². The maximum atomic E-state index is 12.6. The van der Waals surface area contributed by atoms with E-state index in [-0.39, 0.29) is 12.5 Å². The summed E-state index contributed by atoms with van der Waals surface area (Å²) in [6.45, 7) is 1.57. The van der Waals surface area contributed by atoms with Crippen LogP contribution in [0.3, 0.4) is 0 Å². The summed E-state index contributed by atoms with van der Waals surface area (Å²) >= 11 is 0. The molecular formula is C31H31N2O7. The average Bonchev–Trinajstić information content (AvgIpc) is 3.37. The summed E-state index contributed by atoms with van der Waals surface area (Å²) < 4.78 is 19.0. The minimum atomic E-state index is -1.42. The quantitative estimate of drug-likeness (QED) is 0.291. The summed E-state index contributed by atoms with van der Waals surface area (Å²) in [6.07, 6.45) is -2.41. The highest BCUT2D eigenvalue weighted by molar-refractivity contribution is 5.60. The van der Waals surface area contributed by atoms with Crippen molar-refractivity contribution >= 4 is 0 Å². The Kier molecular flexibility index (Phi) is 7.62. The Balaban J connectivity index is 1.75. The van der Waals surface area contributed by atoms with Crippen LogP contribution in [0.4, 0.5) is 0 Å². The third-order valence-corrected chi connectivity index (χ3v) is 7.50. The van der Waals surface area contributed by atoms with Gasteiger partial charge in [-0.05, 0) is 24.6 Å². The van der Waals surface area contributed by atoms with Gasteiger partial charge < -0.3 is 24.4 Å². The van der Waals surface area contributed by atoms with Gasteiger partial charge in [0.15, 0.2) is 0 Å². The van der Waals surface area contributed by atoms with Crippen molar-refractivity contribution in [3.05, 3.63) is 134 Å². The van der Waals surface area contributed by atoms with E-state index in [0.717, 1.165) is 0 Å². The molecule has 9 nitrogen and oxygen atoms in total. The summed E-state index contributed by atoms with van der Waals surface area (Å²) in [5.41, 5.74) is -0.274. The molecule has 0 aliphatic carbocycles. The molecule has 1 fully saturated rings. The number of hydrogen-bond acceptors (Lipinski definition) is 7. The maximum Gasteiger partial charge on any atom is 0.330 e. The highest BCUT2D eigenvalue weighted by atomic mass is 16.5. The molecular weight excluding hydrogens is 512 g/mol. The summed E-state index contributed by atoms with van der Waals surface area (Å²) in [5.74, 6) is 1.02. The lowest BCUT2D eigenvalue weighted by molar-refractivity contribution is -0.0822. The average molecular weight is 544 g/mol. The molecule has 2 heterocycles. The Morgan fingerprint density at radius 1 is 0.925 bits per heavy atom. The number of nitrogens with one attached hydrogen (secondary N) is 1. The van der Waals surface area contributed by atoms with Crippen molar-refractivity contribution in [1.82, 2.24) is 9.55 Å². The second-order valence-corrected chi connectivity index (χ2v) is 9.70. The van der Waals surface area contributed by atoms with Gasteiger partial charge in [-0.25, -0.2) is 4.79 Å². The summed E-state index contributed by atoms with van der Waals surface area (Å²) in [7, 11) is 3.11. The standard InChI is InChI=1S/C31H31N2O7/c1-19-18-33(30(37)32-29(19)36)26-17-23(34)27(40-26)28(35)31(20-11-5-4-6-12-20,21-13-7-9-15-24(21)38-2)22-14-8-10-16-25(22)39-3/h4-16,18,26-28,34-35H,17H2,1-3H3,(H,32,36,37)/t26-,27+,28?/m1/s1. The van der Waals surface area contributed by atoms with E-state index in [1.807, 2.05) is 66.7 Å². The van der Waals surface area contributed by atoms with Gasteiger partial charge in [0.05, 0.1) is 19.6 Å². The number of aryl methyl sites for hydroxylation is 1. The van der Waals surface area contributed by atoms with Gasteiger partial charge >= 0.3 is 5.69 Å². The van der Waals surface area contributed by atoms with Crippen LogP contribution in [0.2, 0.25) is 0 Å². The normalized spacial score (nSPS) is 18.4. The minimum absolute atomic E-state index is 0.0597. The minimum Gasteiger partial charge on any atom is -0.496 e. The third kappa shape index (κ3) is 4.52. The second-order valence-electron chi connectivity index (χ2n) is 9.70. The molecule has 0 saturated carbocycles. The number of benzene rings is 3. The number of H-pyrrole nitrogens is 1. The molecule has 0 amide bonds. The van der Waals surface area contributed by atoms with Crippen LogP contribution in [0.25, 0.3) is 0 Å². The van der Waals surface area contributed by atoms with E-state index in [1.165, 1.54) is 10.8 Å². The fourth-order valence-corrected chi connectivity index (χ4v) is 5.63. The third-order valence-electron chi connectivity index (χ3n) is 7.50. The fourth-order valence-electron chi connectivity index (χ4n) is 5.63. The lowest BCUT2D eigenvalue weighted by atomic mass is 9.63. The van der Waals surface area contributed by atoms with E-state index in [4.69, 9.17) is 14.2 Å². The molecule has 0 bridgehead atoms. The molecule has 3 atom stereocenters. The number of nitrogens with zero attached hydrogens (tertiary/aromatic N) is 1. The smallest absolute Gasteiger partial charge is 0.330 e. The lowest BCUT2D eigenvalue weighted by Gasteiger charge is -2.43. The predicted octanol–water partition coefficient (Wildman–Crippen LogP) is 3.45. The lowest BCUT2D eigenvalue weighted by Crippen LogP contribution is -2.50. The number of ether oxygens (including phenoxy) is 3. The Labute approximate surface area is 231 Å². The maximum absolute atomic E-state index is 12.6. The molecule has 1 aromatic heterocycles. The molecule has 0 spiro atoms. The van der Waals surface area contributed by atoms with Crippen molar-refractivity contribution in [2.75, 3.05) is 14.2 Å². The van der Waals surface area contributed by atoms with Crippen LogP contribution in [-0.2, 0) is 10.2 Å². The van der Waals surface area contributed by atoms with Gasteiger partial charge in [-0.1, -0.05) is 66.7 Å². The predicted molar refractivity (Wildman–Crippen MR) is 148 cm³/mol. The topological polar surface area (TPSA) is 123 Å². The number of methoxy groups -OCH3 is 2. The summed E-state index contributed by atoms with van der Waals surface area (Å²) in [6, 6.07) is 24.1. The van der Waals surface area contributed by atoms with Crippen molar-refractivity contribution < 1.29 is 24.4 Å². The molecule has 40 heavy (non-hydrogen) atoms. The van der Waals surface area contributed by atoms with E-state index in [2.05, 4.69) is 4.98 Å². The molecule has 3 N–H and O–H groups in total. The number of aromatic amines is 1. The van der Waals surface area contributed by atoms with Crippen molar-refractivity contribution in [3.8, 4) is 11.5 Å². The van der Waals surface area contributed by atoms with Gasteiger partial charge in [0.1, 0.15) is 36.0 Å². The SMILES string of the molecule is COc1ccccc1C(c1ccccc1)(c1ccccc1OC)C(O)[C@H]1O[C@@H](n2cc(C)c(=O)[nH]c2=O)C[C]1O. The van der Waals surface area contributed by atoms with Crippen LogP contribution in [0.15, 0.2) is 94.6 Å². The molecule has 1 radical (unpaired) electrons. The van der Waals surface area contributed by atoms with E-state index in [1.54, 1.807) is 33.3 Å². The van der Waals surface area contributed by atoms with Crippen LogP contribution in [0.5, 0.6) is 11.5 Å². The van der Waals surface area contributed by atoms with Crippen LogP contribution in [0, 0.1) is 13.0 Å². The fraction of sp³-hybridized carbons (Fsp3) is 0.258. The second kappa shape index (κ2) is 11.1. The van der Waals surface area contributed by atoms with E-state index < -0.39 is 35.1 Å². The Bertz CT molecular complexity index is 1550. The van der Waals surface area contributed by atoms with E-state index in [0.29, 0.717) is 33.8 Å². The molecule has 1 unspecified atom stereocenters. The van der Waals surface area contributed by atoms with Crippen molar-refractivity contribution in [2.45, 2.75) is 37.2 Å². The molecule has 207 valence electrons. The number of aliphatic hydroxyl groups excluding tert-OH is 2. The molecule has 1 aliphatic heterocycles. The molecule has 5 rings (SSSR count). The van der Waals surface area contributed by atoms with Gasteiger partial charge in [0, 0.05) is 29.3 Å². The molecule has 1 aliphatic rings. The molecule has 9 heteroatoms. The van der Waals surface area contributed by atoms with Gasteiger partial charge in [0.2, 0.25) is 0 Å². The number of hydrogen-bond donors (Lipinski definition) is 3.